The number of rotatable bonds is 4. The van der Waals surface area contributed by atoms with E-state index in [1.54, 1.807) is 12.2 Å². The quantitative estimate of drug-likeness (QED) is 0.604. The normalized spacial score (nSPS) is 10.6. The topological polar surface area (TPSA) is 55.1 Å². The molecule has 0 aliphatic rings. The van der Waals surface area contributed by atoms with Crippen molar-refractivity contribution in [3.8, 4) is 0 Å². The van der Waals surface area contributed by atoms with Crippen LogP contribution in [0.4, 0.5) is 0 Å². The second kappa shape index (κ2) is 5.18. The number of nitrogens with one attached hydrogen (secondary N) is 1. The van der Waals surface area contributed by atoms with Crippen molar-refractivity contribution < 1.29 is 4.79 Å². The van der Waals surface area contributed by atoms with E-state index >= 15 is 0 Å². The molecular formula is C9H14N2O. The number of carbonyl (C=O) groups excluding carboxylic acids is 1. The van der Waals surface area contributed by atoms with E-state index in [2.05, 4.69) is 18.5 Å². The van der Waals surface area contributed by atoms with E-state index in [9.17, 15) is 4.79 Å². The van der Waals surface area contributed by atoms with Gasteiger partial charge in [-0.05, 0) is 5.57 Å². The van der Waals surface area contributed by atoms with E-state index in [0.29, 0.717) is 12.2 Å². The number of hydrogen-bond acceptors (Lipinski definition) is 2. The Kier molecular flexibility index (Phi) is 4.53. The summed E-state index contributed by atoms with van der Waals surface area (Å²) < 4.78 is 0. The van der Waals surface area contributed by atoms with E-state index in [4.69, 9.17) is 5.73 Å². The van der Waals surface area contributed by atoms with Crippen LogP contribution >= 0.6 is 0 Å². The van der Waals surface area contributed by atoms with Gasteiger partial charge in [0.1, 0.15) is 0 Å². The lowest BCUT2D eigenvalue weighted by molar-refractivity contribution is -0.118. The van der Waals surface area contributed by atoms with Crippen LogP contribution in [0.1, 0.15) is 6.92 Å². The minimum atomic E-state index is -0.0915. The molecule has 3 heteroatoms. The highest BCUT2D eigenvalue weighted by Crippen LogP contribution is 1.99. The number of allylic oxidation sites excluding steroid dienone is 2. The Labute approximate surface area is 72.6 Å². The molecule has 12 heavy (non-hydrogen) atoms. The molecule has 0 aliphatic carbocycles. The second-order valence-electron chi connectivity index (χ2n) is 2.36. The summed E-state index contributed by atoms with van der Waals surface area (Å²) >= 11 is 0. The monoisotopic (exact) mass is 166 g/mol. The molecule has 0 heterocycles. The molecule has 0 atom stereocenters. The maximum atomic E-state index is 10.5. The fourth-order valence-electron chi connectivity index (χ4n) is 0.641. The summed E-state index contributed by atoms with van der Waals surface area (Å²) in [4.78, 5) is 10.5. The van der Waals surface area contributed by atoms with Crippen LogP contribution in [0.3, 0.4) is 0 Å². The molecule has 1 amide bonds. The lowest BCUT2D eigenvalue weighted by atomic mass is 10.2. The van der Waals surface area contributed by atoms with Crippen molar-refractivity contribution >= 4 is 5.91 Å². The highest BCUT2D eigenvalue weighted by atomic mass is 16.1. The molecule has 0 unspecified atom stereocenters. The van der Waals surface area contributed by atoms with E-state index in [1.807, 2.05) is 0 Å². The van der Waals surface area contributed by atoms with Gasteiger partial charge in [0.25, 0.3) is 0 Å². The van der Waals surface area contributed by atoms with Gasteiger partial charge >= 0.3 is 0 Å². The molecule has 0 bridgehead atoms. The summed E-state index contributed by atoms with van der Waals surface area (Å²) in [5, 5.41) is 2.62. The molecule has 0 rings (SSSR count). The van der Waals surface area contributed by atoms with Gasteiger partial charge in [-0.1, -0.05) is 25.3 Å². The number of carbonyl (C=O) groups is 1. The van der Waals surface area contributed by atoms with Crippen molar-refractivity contribution in [2.75, 3.05) is 6.54 Å². The molecule has 0 aromatic heterocycles. The zero-order valence-electron chi connectivity index (χ0n) is 7.26. The summed E-state index contributed by atoms with van der Waals surface area (Å²) in [7, 11) is 0. The Balaban J connectivity index is 4.15. The molecule has 3 nitrogen and oxygen atoms in total. The van der Waals surface area contributed by atoms with Gasteiger partial charge in [0.2, 0.25) is 5.91 Å². The molecular weight excluding hydrogens is 152 g/mol. The predicted molar refractivity (Wildman–Crippen MR) is 50.3 cm³/mol. The van der Waals surface area contributed by atoms with Gasteiger partial charge in [-0.2, -0.15) is 0 Å². The van der Waals surface area contributed by atoms with E-state index < -0.39 is 0 Å². The molecule has 3 N–H and O–H groups in total. The number of amides is 1. The zero-order chi connectivity index (χ0) is 9.56. The van der Waals surface area contributed by atoms with Crippen LogP contribution < -0.4 is 11.1 Å². The average molecular weight is 166 g/mol. The van der Waals surface area contributed by atoms with Crippen LogP contribution in [0.2, 0.25) is 0 Å². The van der Waals surface area contributed by atoms with E-state index in [-0.39, 0.29) is 5.91 Å². The van der Waals surface area contributed by atoms with Crippen molar-refractivity contribution in [1.29, 1.82) is 0 Å². The molecule has 0 saturated heterocycles. The first-order valence-electron chi connectivity index (χ1n) is 3.58. The smallest absolute Gasteiger partial charge is 0.217 e. The third-order valence-electron chi connectivity index (χ3n) is 1.26. The summed E-state index contributed by atoms with van der Waals surface area (Å²) in [6.07, 6.45) is 3.33. The molecule has 0 aliphatic heterocycles. The van der Waals surface area contributed by atoms with E-state index in [0.717, 1.165) is 5.57 Å². The molecule has 0 aromatic carbocycles. The van der Waals surface area contributed by atoms with Gasteiger partial charge in [0, 0.05) is 19.2 Å². The summed E-state index contributed by atoms with van der Waals surface area (Å²) in [5.74, 6) is -0.0915. The SMILES string of the molecule is C=C/C=C(/CNC(C)=O)C(=C)N. The minimum absolute atomic E-state index is 0.0915. The van der Waals surface area contributed by atoms with Gasteiger partial charge in [0.15, 0.2) is 0 Å². The zero-order valence-corrected chi connectivity index (χ0v) is 7.26. The third kappa shape index (κ3) is 4.33. The van der Waals surface area contributed by atoms with Crippen molar-refractivity contribution in [2.24, 2.45) is 5.73 Å². The molecule has 0 spiro atoms. The fraction of sp³-hybridized carbons (Fsp3) is 0.222. The van der Waals surface area contributed by atoms with Gasteiger partial charge in [-0.3, -0.25) is 4.79 Å². The third-order valence-corrected chi connectivity index (χ3v) is 1.26. The van der Waals surface area contributed by atoms with Crippen LogP contribution in [-0.4, -0.2) is 12.5 Å². The maximum absolute atomic E-state index is 10.5. The fourth-order valence-corrected chi connectivity index (χ4v) is 0.641. The summed E-state index contributed by atoms with van der Waals surface area (Å²) in [5.41, 5.74) is 6.67. The molecule has 0 radical (unpaired) electrons. The summed E-state index contributed by atoms with van der Waals surface area (Å²) in [6.45, 7) is 8.94. The van der Waals surface area contributed by atoms with Crippen molar-refractivity contribution in [3.05, 3.63) is 36.6 Å². The van der Waals surface area contributed by atoms with Gasteiger partial charge in [-0.25, -0.2) is 0 Å². The molecule has 0 saturated carbocycles. The van der Waals surface area contributed by atoms with E-state index in [1.165, 1.54) is 6.92 Å². The number of nitrogens with two attached hydrogens (primary N) is 1. The van der Waals surface area contributed by atoms with Crippen molar-refractivity contribution in [1.82, 2.24) is 5.32 Å². The molecule has 0 aromatic rings. The number of hydrogen-bond donors (Lipinski definition) is 2. The van der Waals surface area contributed by atoms with Gasteiger partial charge in [0.05, 0.1) is 0 Å². The Morgan fingerprint density at radius 1 is 1.67 bits per heavy atom. The molecule has 66 valence electrons. The standard InChI is InChI=1S/C9H14N2O/c1-4-5-9(7(2)10)6-11-8(3)12/h4-5H,1-2,6,10H2,3H3,(H,11,12)/b9-5-. The van der Waals surface area contributed by atoms with Crippen LogP contribution in [0.15, 0.2) is 36.6 Å². The molecule has 0 fully saturated rings. The predicted octanol–water partition coefficient (Wildman–Crippen LogP) is 0.707. The van der Waals surface area contributed by atoms with Crippen LogP contribution in [0.25, 0.3) is 0 Å². The van der Waals surface area contributed by atoms with Gasteiger partial charge < -0.3 is 11.1 Å². The Bertz CT molecular complexity index is 229. The largest absolute Gasteiger partial charge is 0.399 e. The maximum Gasteiger partial charge on any atom is 0.217 e. The highest BCUT2D eigenvalue weighted by molar-refractivity contribution is 5.73. The Morgan fingerprint density at radius 2 is 2.25 bits per heavy atom. The van der Waals surface area contributed by atoms with Crippen LogP contribution in [0, 0.1) is 0 Å². The highest BCUT2D eigenvalue weighted by Gasteiger charge is 1.98. The average Bonchev–Trinajstić information content (AvgIpc) is 1.96. The van der Waals surface area contributed by atoms with Crippen molar-refractivity contribution in [2.45, 2.75) is 6.92 Å². The minimum Gasteiger partial charge on any atom is -0.399 e. The second-order valence-corrected chi connectivity index (χ2v) is 2.36. The summed E-state index contributed by atoms with van der Waals surface area (Å²) in [6, 6.07) is 0. The van der Waals surface area contributed by atoms with Crippen LogP contribution in [-0.2, 0) is 4.79 Å². The van der Waals surface area contributed by atoms with Gasteiger partial charge in [-0.15, -0.1) is 0 Å². The first-order valence-corrected chi connectivity index (χ1v) is 3.58. The van der Waals surface area contributed by atoms with Crippen LogP contribution in [0.5, 0.6) is 0 Å². The first-order chi connectivity index (χ1) is 5.57. The lowest BCUT2D eigenvalue weighted by Crippen LogP contribution is -2.24. The lowest BCUT2D eigenvalue weighted by Gasteiger charge is -2.05. The van der Waals surface area contributed by atoms with Crippen molar-refractivity contribution in [3.63, 3.8) is 0 Å². The first kappa shape index (κ1) is 10.5. The Morgan fingerprint density at radius 3 is 2.58 bits per heavy atom. The Hall–Kier alpha value is -1.51.